The van der Waals surface area contributed by atoms with E-state index in [2.05, 4.69) is 26.3 Å². The molecule has 3 aromatic heterocycles. The highest BCUT2D eigenvalue weighted by atomic mass is 35.5. The van der Waals surface area contributed by atoms with Crippen LogP contribution in [0.3, 0.4) is 0 Å². The number of benzene rings is 1. The minimum atomic E-state index is -4.89. The average Bonchev–Trinajstić information content (AvgIpc) is 3.56. The topological polar surface area (TPSA) is 111 Å². The fourth-order valence-corrected chi connectivity index (χ4v) is 4.72. The number of rotatable bonds is 6. The molecule has 200 valence electrons. The second-order valence-corrected chi connectivity index (χ2v) is 9.53. The van der Waals surface area contributed by atoms with Crippen molar-refractivity contribution in [1.29, 1.82) is 5.26 Å². The molecule has 1 aliphatic heterocycles. The van der Waals surface area contributed by atoms with E-state index in [1.807, 2.05) is 41.4 Å². The molecule has 0 spiro atoms. The number of amides is 1. The van der Waals surface area contributed by atoms with Gasteiger partial charge >= 0.3 is 12.1 Å². The fraction of sp³-hybridized carbons (Fsp3) is 0.269. The summed E-state index contributed by atoms with van der Waals surface area (Å²) >= 11 is 6.24. The maximum atomic E-state index is 12.5. The molecular formula is C26H22ClF3N8O. The van der Waals surface area contributed by atoms with Crippen LogP contribution in [0.4, 0.5) is 24.8 Å². The molecule has 4 aromatic rings. The summed E-state index contributed by atoms with van der Waals surface area (Å²) in [7, 11) is 0. The number of nitrogens with zero attached hydrogens (tertiary/aromatic N) is 6. The molecule has 0 radical (unpaired) electrons. The lowest BCUT2D eigenvalue weighted by Gasteiger charge is -2.21. The lowest BCUT2D eigenvalue weighted by molar-refractivity contribution is -0.174. The third-order valence-corrected chi connectivity index (χ3v) is 6.82. The number of halogens is 4. The van der Waals surface area contributed by atoms with E-state index in [9.17, 15) is 23.2 Å². The van der Waals surface area contributed by atoms with Crippen LogP contribution in [0.5, 0.6) is 0 Å². The number of hydrogen-bond acceptors (Lipinski definition) is 7. The van der Waals surface area contributed by atoms with Crippen LogP contribution in [0.25, 0.3) is 17.0 Å². The van der Waals surface area contributed by atoms with Crippen LogP contribution in [-0.4, -0.2) is 50.6 Å². The summed E-state index contributed by atoms with van der Waals surface area (Å²) in [4.78, 5) is 26.4. The van der Waals surface area contributed by atoms with Gasteiger partial charge in [-0.2, -0.15) is 18.4 Å². The SMILES string of the molecule is C[C@H](Nc1ncc(C#N)c(-c2cnc3c(Cl)cccn23)n1)c1ccc(N2CC[C@@H](NC(=O)C(F)(F)F)C2)cc1. The van der Waals surface area contributed by atoms with Gasteiger partial charge in [-0.05, 0) is 43.2 Å². The number of aromatic nitrogens is 4. The van der Waals surface area contributed by atoms with Crippen molar-refractivity contribution in [3.8, 4) is 17.5 Å². The Bertz CT molecular complexity index is 1560. The van der Waals surface area contributed by atoms with Gasteiger partial charge in [0.25, 0.3) is 0 Å². The van der Waals surface area contributed by atoms with E-state index in [-0.39, 0.29) is 11.6 Å². The largest absolute Gasteiger partial charge is 0.471 e. The summed E-state index contributed by atoms with van der Waals surface area (Å²) < 4.78 is 39.4. The number of nitriles is 1. The number of imidazole rings is 1. The van der Waals surface area contributed by atoms with Crippen molar-refractivity contribution >= 4 is 34.8 Å². The summed E-state index contributed by atoms with van der Waals surface area (Å²) in [6.45, 7) is 2.76. The minimum absolute atomic E-state index is 0.200. The Kier molecular flexibility index (Phi) is 7.01. The Morgan fingerprint density at radius 3 is 2.69 bits per heavy atom. The van der Waals surface area contributed by atoms with Crippen LogP contribution < -0.4 is 15.5 Å². The second-order valence-electron chi connectivity index (χ2n) is 9.12. The van der Waals surface area contributed by atoms with Crippen molar-refractivity contribution < 1.29 is 18.0 Å². The molecule has 0 bridgehead atoms. The fourth-order valence-electron chi connectivity index (χ4n) is 4.51. The maximum Gasteiger partial charge on any atom is 0.471 e. The van der Waals surface area contributed by atoms with Gasteiger partial charge in [-0.3, -0.25) is 9.20 Å². The monoisotopic (exact) mass is 554 g/mol. The zero-order chi connectivity index (χ0) is 27.7. The van der Waals surface area contributed by atoms with E-state index < -0.39 is 18.1 Å². The predicted molar refractivity (Wildman–Crippen MR) is 139 cm³/mol. The molecule has 1 amide bonds. The van der Waals surface area contributed by atoms with E-state index in [0.717, 1.165) is 11.3 Å². The predicted octanol–water partition coefficient (Wildman–Crippen LogP) is 4.75. The Hall–Kier alpha value is -4.37. The highest BCUT2D eigenvalue weighted by molar-refractivity contribution is 6.33. The van der Waals surface area contributed by atoms with Crippen LogP contribution in [0.1, 0.15) is 30.5 Å². The summed E-state index contributed by atoms with van der Waals surface area (Å²) in [5, 5.41) is 15.4. The van der Waals surface area contributed by atoms with Gasteiger partial charge in [0, 0.05) is 31.0 Å². The number of anilines is 2. The number of carbonyl (C=O) groups is 1. The Labute approximate surface area is 226 Å². The molecule has 1 aliphatic rings. The highest BCUT2D eigenvalue weighted by Gasteiger charge is 2.40. The summed E-state index contributed by atoms with van der Waals surface area (Å²) in [5.74, 6) is -1.59. The van der Waals surface area contributed by atoms with Crippen LogP contribution >= 0.6 is 11.6 Å². The van der Waals surface area contributed by atoms with E-state index >= 15 is 0 Å². The Morgan fingerprint density at radius 1 is 1.21 bits per heavy atom. The molecule has 1 saturated heterocycles. The molecule has 39 heavy (non-hydrogen) atoms. The first-order valence-electron chi connectivity index (χ1n) is 12.0. The zero-order valence-electron chi connectivity index (χ0n) is 20.6. The smallest absolute Gasteiger partial charge is 0.369 e. The van der Waals surface area contributed by atoms with Crippen molar-refractivity contribution in [2.24, 2.45) is 0 Å². The van der Waals surface area contributed by atoms with E-state index in [1.54, 1.807) is 28.9 Å². The average molecular weight is 555 g/mol. The Morgan fingerprint density at radius 2 is 1.97 bits per heavy atom. The first-order valence-corrected chi connectivity index (χ1v) is 12.4. The molecule has 1 fully saturated rings. The minimum Gasteiger partial charge on any atom is -0.369 e. The van der Waals surface area contributed by atoms with Gasteiger partial charge in [0.2, 0.25) is 5.95 Å². The maximum absolute atomic E-state index is 12.5. The lowest BCUT2D eigenvalue weighted by Crippen LogP contribution is -2.44. The number of fused-ring (bicyclic) bond motifs is 1. The lowest BCUT2D eigenvalue weighted by atomic mass is 10.1. The van der Waals surface area contributed by atoms with Crippen molar-refractivity contribution in [2.75, 3.05) is 23.3 Å². The van der Waals surface area contributed by atoms with Gasteiger partial charge in [-0.25, -0.2) is 15.0 Å². The van der Waals surface area contributed by atoms with Gasteiger partial charge in [-0.1, -0.05) is 23.7 Å². The first-order chi connectivity index (χ1) is 18.6. The van der Waals surface area contributed by atoms with Crippen molar-refractivity contribution in [2.45, 2.75) is 31.6 Å². The van der Waals surface area contributed by atoms with Crippen LogP contribution in [0, 0.1) is 11.3 Å². The second kappa shape index (κ2) is 10.4. The van der Waals surface area contributed by atoms with Gasteiger partial charge in [0.05, 0.1) is 34.7 Å². The molecule has 9 nitrogen and oxygen atoms in total. The molecule has 0 saturated carbocycles. The molecule has 13 heteroatoms. The quantitative estimate of drug-likeness (QED) is 0.354. The third-order valence-electron chi connectivity index (χ3n) is 6.52. The molecule has 2 N–H and O–H groups in total. The Balaban J connectivity index is 1.29. The number of hydrogen-bond donors (Lipinski definition) is 2. The van der Waals surface area contributed by atoms with Crippen LogP contribution in [-0.2, 0) is 4.79 Å². The number of alkyl halides is 3. The number of carbonyl (C=O) groups excluding carboxylic acids is 1. The molecular weight excluding hydrogens is 533 g/mol. The molecule has 0 unspecified atom stereocenters. The summed E-state index contributed by atoms with van der Waals surface area (Å²) in [6, 6.07) is 12.4. The molecule has 5 rings (SSSR count). The molecule has 4 heterocycles. The third kappa shape index (κ3) is 5.44. The standard InChI is InChI=1S/C26H22ClF3N8O/c1-15(16-4-6-19(7-5-16)37-10-8-18(14-37)35-24(39)26(28,29)30)34-25-33-12-17(11-31)22(36-25)21-13-32-23-20(27)3-2-9-38(21)23/h2-7,9,12-13,15,18H,8,10,14H2,1H3,(H,35,39)(H,33,34,36)/t15-,18+/m0/s1. The molecule has 2 atom stereocenters. The summed E-state index contributed by atoms with van der Waals surface area (Å²) in [5.41, 5.74) is 3.62. The van der Waals surface area contributed by atoms with Gasteiger partial charge in [0.15, 0.2) is 5.65 Å². The number of pyridine rings is 1. The van der Waals surface area contributed by atoms with E-state index in [1.165, 1.54) is 6.20 Å². The number of nitrogens with one attached hydrogen (secondary N) is 2. The van der Waals surface area contributed by atoms with Crippen LogP contribution in [0.2, 0.25) is 5.02 Å². The first kappa shape index (κ1) is 26.2. The van der Waals surface area contributed by atoms with Gasteiger partial charge in [0.1, 0.15) is 11.8 Å². The zero-order valence-corrected chi connectivity index (χ0v) is 21.3. The highest BCUT2D eigenvalue weighted by Crippen LogP contribution is 2.28. The van der Waals surface area contributed by atoms with Crippen LogP contribution in [0.15, 0.2) is 55.0 Å². The molecule has 0 aliphatic carbocycles. The summed E-state index contributed by atoms with van der Waals surface area (Å²) in [6.07, 6.45) is 0.382. The van der Waals surface area contributed by atoms with Gasteiger partial charge in [-0.15, -0.1) is 0 Å². The van der Waals surface area contributed by atoms with Crippen molar-refractivity contribution in [3.63, 3.8) is 0 Å². The van der Waals surface area contributed by atoms with E-state index in [4.69, 9.17) is 11.6 Å². The molecule has 1 aromatic carbocycles. The van der Waals surface area contributed by atoms with Crippen molar-refractivity contribution in [1.82, 2.24) is 24.7 Å². The normalized spacial score (nSPS) is 16.2. The van der Waals surface area contributed by atoms with Gasteiger partial charge < -0.3 is 15.5 Å². The van der Waals surface area contributed by atoms with Crippen molar-refractivity contribution in [3.05, 3.63) is 71.1 Å². The van der Waals surface area contributed by atoms with E-state index in [0.29, 0.717) is 47.5 Å².